The lowest BCUT2D eigenvalue weighted by Gasteiger charge is -1.69. The zero-order chi connectivity index (χ0) is 3.58. The van der Waals surface area contributed by atoms with Crippen LogP contribution in [0.1, 0.15) is 0 Å². The van der Waals surface area contributed by atoms with Gasteiger partial charge in [-0.05, 0) is 4.20 Å². The molecule has 0 aromatic rings. The highest BCUT2D eigenvalue weighted by molar-refractivity contribution is 5.75. The third kappa shape index (κ3) is 39.5. The summed E-state index contributed by atoms with van der Waals surface area (Å²) in [4.78, 5) is 0. The Morgan fingerprint density at radius 3 is 1.40 bits per heavy atom. The first-order valence-electron chi connectivity index (χ1n) is 0.478. The van der Waals surface area contributed by atoms with Crippen LogP contribution in [0.2, 0.25) is 0 Å². The van der Waals surface area contributed by atoms with Crippen molar-refractivity contribution in [2.45, 2.75) is 0 Å². The summed E-state index contributed by atoms with van der Waals surface area (Å²) in [6, 6.07) is 0. The molecule has 0 aromatic carbocycles. The third-order valence-corrected chi connectivity index (χ3v) is 0. The molecule has 0 spiro atoms. The van der Waals surface area contributed by atoms with Crippen LogP contribution < -0.4 is 8.40 Å². The fraction of sp³-hybridized carbons (Fsp3) is 0. The minimum atomic E-state index is -3.40. The molecule has 2 radical (unpaired) electrons. The molecule has 0 rings (SSSR count). The molecule has 0 saturated heterocycles. The van der Waals surface area contributed by atoms with Crippen LogP contribution in [-0.4, -0.2) is 27.3 Å². The average molecular weight is 153 g/mol. The summed E-state index contributed by atoms with van der Waals surface area (Å²) in [5.74, 6) is 0. The van der Waals surface area contributed by atoms with Crippen molar-refractivity contribution in [1.29, 1.82) is 0 Å². The molecule has 0 aliphatic carbocycles. The monoisotopic (exact) mass is 152 g/mol. The maximum absolute atomic E-state index is 8.63. The summed E-state index contributed by atoms with van der Waals surface area (Å²) >= 11 is -3.40. The number of hydrogen-bond donors (Lipinski definition) is 1. The van der Waals surface area contributed by atoms with Crippen LogP contribution in [0, 0.1) is 14.8 Å². The highest BCUT2D eigenvalue weighted by Gasteiger charge is 1.86. The molecule has 0 bridgehead atoms. The van der Waals surface area contributed by atoms with E-state index in [0.29, 0.717) is 0 Å². The fourth-order valence-electron chi connectivity index (χ4n) is 0. The van der Waals surface area contributed by atoms with Gasteiger partial charge in [0.2, 0.25) is 0 Å². The molecular weight excluding hydrogens is 152 g/mol. The van der Waals surface area contributed by atoms with E-state index in [0.717, 1.165) is 0 Å². The summed E-state index contributed by atoms with van der Waals surface area (Å²) in [5, 5.41) is 0. The molecule has 0 unspecified atom stereocenters. The number of rotatable bonds is 0. The Kier molecular flexibility index (Phi) is 9.69. The number of hydrogen-bond acceptors (Lipinski definition) is 3. The molecule has 0 heterocycles. The first-order valence-corrected chi connectivity index (χ1v) is 2.48. The Morgan fingerprint density at radius 1 is 1.40 bits per heavy atom. The van der Waals surface area contributed by atoms with E-state index in [-0.39, 0.29) is 23.1 Å². The van der Waals surface area contributed by atoms with Crippen LogP contribution >= 0.6 is 0 Å². The van der Waals surface area contributed by atoms with Gasteiger partial charge in [-0.25, -0.2) is 0 Å². The smallest absolute Gasteiger partial charge is 0.372 e. The lowest BCUT2D eigenvalue weighted by Crippen LogP contribution is -2.30. The fourth-order valence-corrected chi connectivity index (χ4v) is 0. The van der Waals surface area contributed by atoms with Crippen molar-refractivity contribution in [3.63, 3.8) is 0 Å². The summed E-state index contributed by atoms with van der Waals surface area (Å²) < 4.78 is 24.3. The zero-order valence-corrected chi connectivity index (χ0v) is 5.35. The van der Waals surface area contributed by atoms with Crippen molar-refractivity contribution in [3.05, 3.63) is 0 Å². The SMILES string of the molecule is [Mg].[O-][Br+2]([O-])O. The summed E-state index contributed by atoms with van der Waals surface area (Å²) in [5.41, 5.74) is 0. The Morgan fingerprint density at radius 2 is 1.40 bits per heavy atom. The predicted octanol–water partition coefficient (Wildman–Crippen LogP) is -3.32. The number of halogens is 1. The molecule has 28 valence electrons. The van der Waals surface area contributed by atoms with Gasteiger partial charge in [0.05, 0.1) is 0 Å². The second kappa shape index (κ2) is 5.13. The Hall–Kier alpha value is 1.13. The van der Waals surface area contributed by atoms with E-state index in [1.165, 1.54) is 0 Å². The van der Waals surface area contributed by atoms with Gasteiger partial charge >= 0.3 is 14.8 Å². The molecule has 0 aliphatic heterocycles. The molecule has 1 N–H and O–H groups in total. The van der Waals surface area contributed by atoms with Crippen LogP contribution in [0.25, 0.3) is 0 Å². The van der Waals surface area contributed by atoms with Crippen molar-refractivity contribution < 1.29 is 27.4 Å². The van der Waals surface area contributed by atoms with Gasteiger partial charge in [0.15, 0.2) is 0 Å². The average Bonchev–Trinajstić information content (AvgIpc) is 0.811. The minimum absolute atomic E-state index is 0. The van der Waals surface area contributed by atoms with Crippen molar-refractivity contribution >= 4 is 23.1 Å². The van der Waals surface area contributed by atoms with Crippen molar-refractivity contribution in [2.75, 3.05) is 0 Å². The standard InChI is InChI=1S/BrHO3.Mg/c2-1(3)4;/h2H;. The van der Waals surface area contributed by atoms with E-state index >= 15 is 0 Å². The van der Waals surface area contributed by atoms with Gasteiger partial charge in [0.25, 0.3) is 0 Å². The normalized spacial score (nSPS) is 7.20. The van der Waals surface area contributed by atoms with Crippen LogP contribution in [0.15, 0.2) is 0 Å². The van der Waals surface area contributed by atoms with E-state index in [1.807, 2.05) is 0 Å². The Labute approximate surface area is 50.6 Å². The van der Waals surface area contributed by atoms with Crippen LogP contribution in [0.4, 0.5) is 0 Å². The van der Waals surface area contributed by atoms with Crippen molar-refractivity contribution in [1.82, 2.24) is 0 Å². The van der Waals surface area contributed by atoms with Gasteiger partial charge in [0.1, 0.15) is 0 Å². The van der Waals surface area contributed by atoms with Crippen LogP contribution in [0.5, 0.6) is 0 Å². The lowest BCUT2D eigenvalue weighted by atomic mass is 16.0. The summed E-state index contributed by atoms with van der Waals surface area (Å²) in [6.07, 6.45) is 0. The molecule has 0 atom stereocenters. The molecule has 0 fully saturated rings. The molecule has 0 aliphatic rings. The topological polar surface area (TPSA) is 66.3 Å². The summed E-state index contributed by atoms with van der Waals surface area (Å²) in [6.45, 7) is 0. The van der Waals surface area contributed by atoms with Gasteiger partial charge in [-0.15, -0.1) is 0 Å². The van der Waals surface area contributed by atoms with Crippen LogP contribution in [-0.2, 0) is 0 Å². The second-order valence-corrected chi connectivity index (χ2v) is 1.04. The van der Waals surface area contributed by atoms with Crippen molar-refractivity contribution in [2.24, 2.45) is 0 Å². The molecule has 0 aromatic heterocycles. The van der Waals surface area contributed by atoms with E-state index < -0.39 is 14.8 Å². The molecule has 0 saturated carbocycles. The van der Waals surface area contributed by atoms with Gasteiger partial charge in [0, 0.05) is 23.1 Å². The van der Waals surface area contributed by atoms with E-state index in [2.05, 4.69) is 0 Å². The summed E-state index contributed by atoms with van der Waals surface area (Å²) in [7, 11) is 0. The predicted molar refractivity (Wildman–Crippen MR) is 7.97 cm³/mol. The maximum Gasteiger partial charge on any atom is 0.433 e. The Balaban J connectivity index is 0. The Bertz CT molecular complexity index is 11.6. The highest BCUT2D eigenvalue weighted by Crippen LogP contribution is 1.38. The molecule has 5 heteroatoms. The highest BCUT2D eigenvalue weighted by atomic mass is 80.0. The van der Waals surface area contributed by atoms with Gasteiger partial charge in [-0.2, -0.15) is 0 Å². The minimum Gasteiger partial charge on any atom is -0.372 e. The quantitative estimate of drug-likeness (QED) is 0.370. The molecule has 3 nitrogen and oxygen atoms in total. The molecule has 5 heavy (non-hydrogen) atoms. The second-order valence-electron chi connectivity index (χ2n) is 0.201. The lowest BCUT2D eigenvalue weighted by molar-refractivity contribution is -1.63. The van der Waals surface area contributed by atoms with E-state index in [1.54, 1.807) is 0 Å². The first kappa shape index (κ1) is 9.46. The largest absolute Gasteiger partial charge is 0.433 e. The van der Waals surface area contributed by atoms with Gasteiger partial charge < -0.3 is 8.40 Å². The van der Waals surface area contributed by atoms with E-state index in [4.69, 9.17) is 12.6 Å². The third-order valence-electron chi connectivity index (χ3n) is 0. The van der Waals surface area contributed by atoms with Crippen molar-refractivity contribution in [3.8, 4) is 0 Å². The molecule has 0 amide bonds. The molecular formula is HBrMgO3. The maximum atomic E-state index is 8.63. The van der Waals surface area contributed by atoms with Gasteiger partial charge in [-0.3, -0.25) is 0 Å². The van der Waals surface area contributed by atoms with E-state index in [9.17, 15) is 0 Å². The first-order chi connectivity index (χ1) is 1.73. The zero-order valence-electron chi connectivity index (χ0n) is 2.35. The van der Waals surface area contributed by atoms with Gasteiger partial charge in [-0.1, -0.05) is 0 Å². The van der Waals surface area contributed by atoms with Crippen LogP contribution in [0.3, 0.4) is 0 Å².